The lowest BCUT2D eigenvalue weighted by Crippen LogP contribution is -2.30. The second-order valence-corrected chi connectivity index (χ2v) is 4.05. The molecule has 15 heavy (non-hydrogen) atoms. The molecule has 0 saturated heterocycles. The van der Waals surface area contributed by atoms with E-state index in [1.54, 1.807) is 0 Å². The van der Waals surface area contributed by atoms with Gasteiger partial charge in [-0.2, -0.15) is 0 Å². The zero-order valence-corrected chi connectivity index (χ0v) is 8.98. The normalized spacial score (nSPS) is 21.1. The maximum Gasteiger partial charge on any atom is 0.161 e. The fraction of sp³-hybridized carbons (Fsp3) is 0.500. The standard InChI is InChI=1S/C12H17NO2/c1-9(13)6-7-10-8-14-11-4-2-3-5-12(11)15-10/h2-5,9-10H,6-8,13H2,1H3. The highest BCUT2D eigenvalue weighted by atomic mass is 16.6. The minimum atomic E-state index is 0.144. The predicted octanol–water partition coefficient (Wildman–Crippen LogP) is 1.95. The summed E-state index contributed by atoms with van der Waals surface area (Å²) in [5.74, 6) is 1.69. The lowest BCUT2D eigenvalue weighted by molar-refractivity contribution is 0.0823. The Morgan fingerprint density at radius 3 is 2.87 bits per heavy atom. The summed E-state index contributed by atoms with van der Waals surface area (Å²) in [7, 11) is 0. The van der Waals surface area contributed by atoms with E-state index in [2.05, 4.69) is 0 Å². The van der Waals surface area contributed by atoms with E-state index in [0.29, 0.717) is 6.61 Å². The van der Waals surface area contributed by atoms with E-state index in [1.165, 1.54) is 0 Å². The molecule has 3 nitrogen and oxygen atoms in total. The number of benzene rings is 1. The van der Waals surface area contributed by atoms with Crippen molar-refractivity contribution in [2.45, 2.75) is 31.9 Å². The zero-order valence-electron chi connectivity index (χ0n) is 8.98. The molecule has 1 aliphatic heterocycles. The molecule has 2 rings (SSSR count). The molecule has 0 saturated carbocycles. The monoisotopic (exact) mass is 207 g/mol. The molecule has 3 heteroatoms. The first kappa shape index (κ1) is 10.3. The van der Waals surface area contributed by atoms with Crippen molar-refractivity contribution in [2.24, 2.45) is 5.73 Å². The van der Waals surface area contributed by atoms with Crippen molar-refractivity contribution >= 4 is 0 Å². The molecule has 0 radical (unpaired) electrons. The summed E-state index contributed by atoms with van der Waals surface area (Å²) in [6.45, 7) is 2.64. The number of hydrogen-bond acceptors (Lipinski definition) is 3. The molecule has 2 atom stereocenters. The number of ether oxygens (including phenoxy) is 2. The predicted molar refractivity (Wildman–Crippen MR) is 59.2 cm³/mol. The van der Waals surface area contributed by atoms with Crippen LogP contribution in [0.1, 0.15) is 19.8 Å². The molecule has 1 aliphatic rings. The van der Waals surface area contributed by atoms with Crippen molar-refractivity contribution in [1.29, 1.82) is 0 Å². The van der Waals surface area contributed by atoms with Crippen molar-refractivity contribution < 1.29 is 9.47 Å². The van der Waals surface area contributed by atoms with Gasteiger partial charge in [-0.15, -0.1) is 0 Å². The van der Waals surface area contributed by atoms with Crippen LogP contribution < -0.4 is 15.2 Å². The third-order valence-corrected chi connectivity index (χ3v) is 2.51. The van der Waals surface area contributed by atoms with Gasteiger partial charge in [-0.05, 0) is 31.9 Å². The summed E-state index contributed by atoms with van der Waals surface area (Å²) in [5, 5.41) is 0. The van der Waals surface area contributed by atoms with Crippen molar-refractivity contribution in [3.05, 3.63) is 24.3 Å². The Bertz CT molecular complexity index is 325. The van der Waals surface area contributed by atoms with Crippen molar-refractivity contribution in [2.75, 3.05) is 6.61 Å². The van der Waals surface area contributed by atoms with E-state index in [9.17, 15) is 0 Å². The SMILES string of the molecule is CC(N)CCC1COc2ccccc2O1. The van der Waals surface area contributed by atoms with Crippen LogP contribution in [-0.2, 0) is 0 Å². The van der Waals surface area contributed by atoms with Gasteiger partial charge in [-0.25, -0.2) is 0 Å². The van der Waals surface area contributed by atoms with E-state index >= 15 is 0 Å². The van der Waals surface area contributed by atoms with Crippen LogP contribution in [0.2, 0.25) is 0 Å². The van der Waals surface area contributed by atoms with Gasteiger partial charge < -0.3 is 15.2 Å². The maximum absolute atomic E-state index is 5.80. The van der Waals surface area contributed by atoms with E-state index in [0.717, 1.165) is 24.3 Å². The van der Waals surface area contributed by atoms with Crippen LogP contribution in [0.4, 0.5) is 0 Å². The first-order valence-electron chi connectivity index (χ1n) is 5.40. The van der Waals surface area contributed by atoms with Crippen molar-refractivity contribution in [3.63, 3.8) is 0 Å². The van der Waals surface area contributed by atoms with Gasteiger partial charge in [0.2, 0.25) is 0 Å². The van der Waals surface area contributed by atoms with E-state index in [-0.39, 0.29) is 12.1 Å². The Kier molecular flexibility index (Phi) is 3.11. The highest BCUT2D eigenvalue weighted by Crippen LogP contribution is 2.31. The summed E-state index contributed by atoms with van der Waals surface area (Å²) >= 11 is 0. The Morgan fingerprint density at radius 1 is 1.40 bits per heavy atom. The Morgan fingerprint density at radius 2 is 2.13 bits per heavy atom. The van der Waals surface area contributed by atoms with Gasteiger partial charge in [0.15, 0.2) is 11.5 Å². The van der Waals surface area contributed by atoms with Gasteiger partial charge in [-0.1, -0.05) is 12.1 Å². The average molecular weight is 207 g/mol. The first-order valence-corrected chi connectivity index (χ1v) is 5.40. The minimum absolute atomic E-state index is 0.144. The topological polar surface area (TPSA) is 44.5 Å². The summed E-state index contributed by atoms with van der Waals surface area (Å²) in [6, 6.07) is 8.00. The Balaban J connectivity index is 1.94. The van der Waals surface area contributed by atoms with Crippen LogP contribution >= 0.6 is 0 Å². The van der Waals surface area contributed by atoms with Crippen LogP contribution in [0.25, 0.3) is 0 Å². The second kappa shape index (κ2) is 4.53. The molecular weight excluding hydrogens is 190 g/mol. The van der Waals surface area contributed by atoms with Crippen LogP contribution in [0.15, 0.2) is 24.3 Å². The maximum atomic E-state index is 5.80. The molecule has 1 aromatic carbocycles. The lowest BCUT2D eigenvalue weighted by Gasteiger charge is -2.26. The smallest absolute Gasteiger partial charge is 0.161 e. The van der Waals surface area contributed by atoms with E-state index in [4.69, 9.17) is 15.2 Å². The molecule has 2 N–H and O–H groups in total. The molecule has 0 bridgehead atoms. The van der Waals surface area contributed by atoms with Gasteiger partial charge in [0, 0.05) is 6.04 Å². The third-order valence-electron chi connectivity index (χ3n) is 2.51. The molecule has 0 amide bonds. The quantitative estimate of drug-likeness (QED) is 0.824. The summed E-state index contributed by atoms with van der Waals surface area (Å²) in [4.78, 5) is 0. The van der Waals surface area contributed by atoms with Gasteiger partial charge in [0.05, 0.1) is 0 Å². The van der Waals surface area contributed by atoms with Gasteiger partial charge >= 0.3 is 0 Å². The number of para-hydroxylation sites is 2. The Hall–Kier alpha value is -1.22. The third kappa shape index (κ3) is 2.63. The number of fused-ring (bicyclic) bond motifs is 1. The van der Waals surface area contributed by atoms with Gasteiger partial charge in [0.1, 0.15) is 12.7 Å². The summed E-state index contributed by atoms with van der Waals surface area (Å²) in [5.41, 5.74) is 5.71. The molecule has 1 aromatic rings. The molecule has 0 aliphatic carbocycles. The highest BCUT2D eigenvalue weighted by Gasteiger charge is 2.20. The Labute approximate surface area is 90.2 Å². The van der Waals surface area contributed by atoms with Gasteiger partial charge in [0.25, 0.3) is 0 Å². The number of rotatable bonds is 3. The van der Waals surface area contributed by atoms with Crippen LogP contribution in [0.3, 0.4) is 0 Å². The highest BCUT2D eigenvalue weighted by molar-refractivity contribution is 5.40. The van der Waals surface area contributed by atoms with Crippen molar-refractivity contribution in [3.8, 4) is 11.5 Å². The summed E-state index contributed by atoms with van der Waals surface area (Å²) in [6.07, 6.45) is 2.06. The van der Waals surface area contributed by atoms with E-state index in [1.807, 2.05) is 31.2 Å². The second-order valence-electron chi connectivity index (χ2n) is 4.05. The number of nitrogens with two attached hydrogens (primary N) is 1. The van der Waals surface area contributed by atoms with Crippen LogP contribution in [0, 0.1) is 0 Å². The minimum Gasteiger partial charge on any atom is -0.486 e. The van der Waals surface area contributed by atoms with Gasteiger partial charge in [-0.3, -0.25) is 0 Å². The molecule has 0 fully saturated rings. The molecule has 0 aromatic heterocycles. The molecule has 2 unspecified atom stereocenters. The summed E-state index contributed by atoms with van der Waals surface area (Å²) < 4.78 is 11.4. The average Bonchev–Trinajstić information content (AvgIpc) is 2.26. The van der Waals surface area contributed by atoms with Crippen LogP contribution in [0.5, 0.6) is 11.5 Å². The van der Waals surface area contributed by atoms with Crippen LogP contribution in [-0.4, -0.2) is 18.8 Å². The lowest BCUT2D eigenvalue weighted by atomic mass is 10.1. The largest absolute Gasteiger partial charge is 0.486 e. The molecule has 82 valence electrons. The fourth-order valence-corrected chi connectivity index (χ4v) is 1.65. The first-order chi connectivity index (χ1) is 7.25. The fourth-order valence-electron chi connectivity index (χ4n) is 1.65. The van der Waals surface area contributed by atoms with E-state index < -0.39 is 0 Å². The molecular formula is C12H17NO2. The zero-order chi connectivity index (χ0) is 10.7. The molecule has 0 spiro atoms. The molecule has 1 heterocycles. The number of hydrogen-bond donors (Lipinski definition) is 1. The van der Waals surface area contributed by atoms with Crippen molar-refractivity contribution in [1.82, 2.24) is 0 Å².